The zero-order chi connectivity index (χ0) is 45.0. The normalized spacial score (nSPS) is 15.5. The van der Waals surface area contributed by atoms with Crippen molar-refractivity contribution in [2.24, 2.45) is 0 Å². The molecule has 0 saturated carbocycles. The molecule has 0 amide bonds. The van der Waals surface area contributed by atoms with Crippen LogP contribution in [0.2, 0.25) is 0 Å². The summed E-state index contributed by atoms with van der Waals surface area (Å²) < 4.78 is 134. The van der Waals surface area contributed by atoms with Gasteiger partial charge in [-0.1, -0.05) is 42.5 Å². The van der Waals surface area contributed by atoms with E-state index < -0.39 is 48.4 Å². The average molecular weight is 921 g/mol. The number of anilines is 2. The smallest absolute Gasteiger partial charge is 0.353 e. The summed E-state index contributed by atoms with van der Waals surface area (Å²) in [4.78, 5) is 13.1. The number of halogens is 6. The van der Waals surface area contributed by atoms with E-state index in [9.17, 15) is 43.2 Å². The van der Waals surface area contributed by atoms with Crippen LogP contribution in [-0.2, 0) is 32.4 Å². The van der Waals surface area contributed by atoms with E-state index in [1.165, 1.54) is 18.5 Å². The number of rotatable bonds is 6. The summed E-state index contributed by atoms with van der Waals surface area (Å²) in [5.74, 6) is 1.36. The van der Waals surface area contributed by atoms with Crippen LogP contribution in [0.1, 0.15) is 11.1 Å². The second-order valence-corrected chi connectivity index (χ2v) is 18.8. The lowest BCUT2D eigenvalue weighted by molar-refractivity contribution is -0.138. The number of fused-ring (bicyclic) bond motifs is 6. The Morgan fingerprint density at radius 2 is 0.906 bits per heavy atom. The second-order valence-electron chi connectivity index (χ2n) is 15.2. The molecule has 10 rings (SSSR count). The Kier molecular flexibility index (Phi) is 11.0. The molecule has 0 bridgehead atoms. The Bertz CT molecular complexity index is 3270. The van der Waals surface area contributed by atoms with Crippen molar-refractivity contribution in [3.8, 4) is 0 Å². The Morgan fingerprint density at radius 1 is 0.469 bits per heavy atom. The molecule has 0 spiro atoms. The molecule has 2 fully saturated rings. The summed E-state index contributed by atoms with van der Waals surface area (Å²) in [6, 6.07) is 25.1. The number of nitrogens with one attached hydrogen (secondary N) is 2. The van der Waals surface area contributed by atoms with Crippen molar-refractivity contribution < 1.29 is 43.2 Å². The van der Waals surface area contributed by atoms with Gasteiger partial charge in [-0.25, -0.2) is 34.7 Å². The van der Waals surface area contributed by atoms with Gasteiger partial charge in [0.15, 0.2) is 0 Å². The molecule has 4 aromatic heterocycles. The summed E-state index contributed by atoms with van der Waals surface area (Å²) in [7, 11) is -8.42. The Hall–Kier alpha value is -6.22. The number of benzene rings is 4. The van der Waals surface area contributed by atoms with Crippen molar-refractivity contribution in [3.05, 3.63) is 133 Å². The molecule has 6 heterocycles. The fraction of sp³-hybridized carbons (Fsp3) is 0.227. The van der Waals surface area contributed by atoms with Crippen molar-refractivity contribution in [2.75, 3.05) is 62.2 Å². The van der Waals surface area contributed by atoms with E-state index in [0.717, 1.165) is 83.6 Å². The van der Waals surface area contributed by atoms with Gasteiger partial charge in [0, 0.05) is 86.3 Å². The topological polar surface area (TPSA) is 134 Å². The van der Waals surface area contributed by atoms with Gasteiger partial charge in [-0.05, 0) is 66.7 Å². The van der Waals surface area contributed by atoms with Gasteiger partial charge in [0.25, 0.3) is 20.0 Å². The van der Waals surface area contributed by atoms with Crippen LogP contribution < -0.4 is 20.4 Å². The number of hydrogen-bond donors (Lipinski definition) is 2. The standard InChI is InChI=1S/2C22H19F3N4O2S/c23-22(24,25)15-4-3-5-16(14-15)32(30,31)29-11-8-18-20(29)17-6-1-2-7-19(17)27-21(18)28-12-9-26-10-13-28;23-22(24,25)15-5-7-16(8-6-15)32(30,31)29-12-9-18-20(29)17-3-1-2-4-19(17)27-21(18)28-13-10-26-11-14-28/h1-8,11,14,26H,9-10,12-13H2;1-9,12,26H,10-11,13-14H2. The van der Waals surface area contributed by atoms with E-state index in [1.54, 1.807) is 42.5 Å². The number of piperazine rings is 2. The first-order chi connectivity index (χ1) is 30.5. The van der Waals surface area contributed by atoms with Crippen molar-refractivity contribution in [3.63, 3.8) is 0 Å². The monoisotopic (exact) mass is 920 g/mol. The molecule has 332 valence electrons. The van der Waals surface area contributed by atoms with E-state index in [-0.39, 0.29) is 4.90 Å². The highest BCUT2D eigenvalue weighted by Gasteiger charge is 2.34. The first-order valence-electron chi connectivity index (χ1n) is 20.1. The van der Waals surface area contributed by atoms with E-state index in [0.29, 0.717) is 74.4 Å². The molecule has 0 aliphatic carbocycles. The lowest BCUT2D eigenvalue weighted by atomic mass is 10.1. The molecular weight excluding hydrogens is 883 g/mol. The fourth-order valence-electron chi connectivity index (χ4n) is 8.12. The van der Waals surface area contributed by atoms with Gasteiger partial charge < -0.3 is 20.4 Å². The SMILES string of the molecule is O=S(=O)(c1ccc(C(F)(F)F)cc1)n1ccc2c(N3CCNCC3)nc3ccccc3c21.O=S(=O)(c1cccc(C(F)(F)F)c1)n1ccc2c(N3CCNCC3)nc3ccccc3c21. The minimum absolute atomic E-state index is 0.215. The number of alkyl halides is 6. The van der Waals surface area contributed by atoms with Crippen molar-refractivity contribution in [1.29, 1.82) is 0 Å². The third-order valence-corrected chi connectivity index (χ3v) is 14.6. The lowest BCUT2D eigenvalue weighted by Gasteiger charge is -2.29. The molecule has 2 aliphatic heterocycles. The van der Waals surface area contributed by atoms with Crippen molar-refractivity contribution in [1.82, 2.24) is 28.5 Å². The highest BCUT2D eigenvalue weighted by molar-refractivity contribution is 7.90. The van der Waals surface area contributed by atoms with Crippen LogP contribution in [0.25, 0.3) is 43.6 Å². The molecule has 0 radical (unpaired) electrons. The molecule has 0 unspecified atom stereocenters. The van der Waals surface area contributed by atoms with Crippen molar-refractivity contribution >= 4 is 75.3 Å². The number of nitrogens with zero attached hydrogens (tertiary/aromatic N) is 6. The number of pyridine rings is 2. The van der Waals surface area contributed by atoms with E-state index >= 15 is 0 Å². The molecule has 20 heteroatoms. The Balaban J connectivity index is 0.000000162. The van der Waals surface area contributed by atoms with E-state index in [2.05, 4.69) is 20.4 Å². The highest BCUT2D eigenvalue weighted by Crippen LogP contribution is 2.38. The van der Waals surface area contributed by atoms with Crippen LogP contribution in [-0.4, -0.2) is 87.1 Å². The average Bonchev–Trinajstić information content (AvgIpc) is 3.97. The van der Waals surface area contributed by atoms with Crippen LogP contribution in [0.4, 0.5) is 38.0 Å². The first-order valence-corrected chi connectivity index (χ1v) is 23.0. The van der Waals surface area contributed by atoms with Crippen LogP contribution in [0.5, 0.6) is 0 Å². The molecule has 12 nitrogen and oxygen atoms in total. The summed E-state index contributed by atoms with van der Waals surface area (Å²) in [5.41, 5.74) is 0.224. The summed E-state index contributed by atoms with van der Waals surface area (Å²) in [6.07, 6.45) is -6.35. The second kappa shape index (κ2) is 16.4. The number of hydrogen-bond acceptors (Lipinski definition) is 10. The van der Waals surface area contributed by atoms with E-state index in [1.807, 2.05) is 18.2 Å². The van der Waals surface area contributed by atoms with Gasteiger partial charge in [-0.3, -0.25) is 0 Å². The predicted molar refractivity (Wildman–Crippen MR) is 233 cm³/mol. The molecule has 2 N–H and O–H groups in total. The maximum atomic E-state index is 13.5. The molecule has 0 atom stereocenters. The van der Waals surface area contributed by atoms with Gasteiger partial charge >= 0.3 is 12.4 Å². The van der Waals surface area contributed by atoms with Crippen LogP contribution in [0.3, 0.4) is 0 Å². The van der Waals surface area contributed by atoms with Crippen LogP contribution in [0, 0.1) is 0 Å². The van der Waals surface area contributed by atoms with Gasteiger partial charge in [-0.15, -0.1) is 0 Å². The third kappa shape index (κ3) is 7.88. The van der Waals surface area contributed by atoms with Gasteiger partial charge in [-0.2, -0.15) is 26.3 Å². The minimum atomic E-state index is -4.64. The lowest BCUT2D eigenvalue weighted by Crippen LogP contribution is -2.44. The number of para-hydroxylation sites is 2. The zero-order valence-electron chi connectivity index (χ0n) is 33.6. The maximum absolute atomic E-state index is 13.5. The Labute approximate surface area is 362 Å². The van der Waals surface area contributed by atoms with Gasteiger partial charge in [0.05, 0.1) is 43.0 Å². The highest BCUT2D eigenvalue weighted by atomic mass is 32.2. The van der Waals surface area contributed by atoms with Gasteiger partial charge in [0.2, 0.25) is 0 Å². The molecule has 64 heavy (non-hydrogen) atoms. The molecular formula is C44H38F6N8O4S2. The molecule has 4 aromatic carbocycles. The van der Waals surface area contributed by atoms with Crippen LogP contribution >= 0.6 is 0 Å². The third-order valence-electron chi connectivity index (χ3n) is 11.2. The summed E-state index contributed by atoms with van der Waals surface area (Å²) >= 11 is 0. The molecule has 2 saturated heterocycles. The molecule has 2 aliphatic rings. The summed E-state index contributed by atoms with van der Waals surface area (Å²) in [6.45, 7) is 6.03. The molecule has 8 aromatic rings. The zero-order valence-corrected chi connectivity index (χ0v) is 35.2. The first kappa shape index (κ1) is 43.1. The predicted octanol–water partition coefficient (Wildman–Crippen LogP) is 7.71. The van der Waals surface area contributed by atoms with Gasteiger partial charge in [0.1, 0.15) is 11.6 Å². The van der Waals surface area contributed by atoms with E-state index in [4.69, 9.17) is 9.97 Å². The quantitative estimate of drug-likeness (QED) is 0.160. The maximum Gasteiger partial charge on any atom is 0.416 e. The largest absolute Gasteiger partial charge is 0.416 e. The minimum Gasteiger partial charge on any atom is -0.353 e. The summed E-state index contributed by atoms with van der Waals surface area (Å²) in [5, 5.41) is 9.15. The Morgan fingerprint density at radius 3 is 1.36 bits per heavy atom. The number of aromatic nitrogens is 4. The van der Waals surface area contributed by atoms with Crippen LogP contribution in [0.15, 0.2) is 131 Å². The fourth-order valence-corrected chi connectivity index (χ4v) is 10.9. The van der Waals surface area contributed by atoms with Crippen molar-refractivity contribution in [2.45, 2.75) is 22.1 Å².